The average Bonchev–Trinajstić information content (AvgIpc) is 2.94. The molecule has 0 atom stereocenters. The Bertz CT molecular complexity index is 770. The predicted octanol–water partition coefficient (Wildman–Crippen LogP) is 4.18. The summed E-state index contributed by atoms with van der Waals surface area (Å²) in [4.78, 5) is 4.23. The van der Waals surface area contributed by atoms with Crippen LogP contribution in [0.1, 0.15) is 6.92 Å². The van der Waals surface area contributed by atoms with Crippen LogP contribution in [0.15, 0.2) is 36.7 Å². The van der Waals surface area contributed by atoms with Crippen molar-refractivity contribution in [2.45, 2.75) is 6.92 Å². The van der Waals surface area contributed by atoms with E-state index in [2.05, 4.69) is 15.4 Å². The number of benzene rings is 1. The summed E-state index contributed by atoms with van der Waals surface area (Å²) >= 11 is 12.3. The second-order valence-corrected chi connectivity index (χ2v) is 4.99. The van der Waals surface area contributed by atoms with E-state index < -0.39 is 0 Å². The predicted molar refractivity (Wildman–Crippen MR) is 83.9 cm³/mol. The lowest BCUT2D eigenvalue weighted by molar-refractivity contribution is 0.340. The van der Waals surface area contributed by atoms with Crippen molar-refractivity contribution in [2.75, 3.05) is 11.9 Å². The van der Waals surface area contributed by atoms with Crippen molar-refractivity contribution < 1.29 is 4.74 Å². The summed E-state index contributed by atoms with van der Waals surface area (Å²) in [6, 6.07) is 7.56. The Balaban J connectivity index is 1.97. The molecule has 7 heteroatoms. The van der Waals surface area contributed by atoms with Crippen LogP contribution in [-0.4, -0.2) is 21.2 Å². The van der Waals surface area contributed by atoms with Gasteiger partial charge in [0.15, 0.2) is 10.8 Å². The van der Waals surface area contributed by atoms with Gasteiger partial charge in [0.1, 0.15) is 16.5 Å². The number of ether oxygens (including phenoxy) is 1. The molecule has 0 unspecified atom stereocenters. The molecule has 3 aromatic rings. The van der Waals surface area contributed by atoms with Gasteiger partial charge in [-0.1, -0.05) is 23.2 Å². The van der Waals surface area contributed by atoms with Crippen LogP contribution >= 0.6 is 23.2 Å². The normalized spacial score (nSPS) is 10.8. The largest absolute Gasteiger partial charge is 0.494 e. The minimum Gasteiger partial charge on any atom is -0.494 e. The molecule has 1 aromatic carbocycles. The van der Waals surface area contributed by atoms with Crippen molar-refractivity contribution >= 4 is 40.2 Å². The number of fused-ring (bicyclic) bond motifs is 1. The number of hydrogen-bond acceptors (Lipinski definition) is 4. The zero-order valence-electron chi connectivity index (χ0n) is 11.2. The summed E-state index contributed by atoms with van der Waals surface area (Å²) in [5.74, 6) is 0.813. The molecule has 108 valence electrons. The lowest BCUT2D eigenvalue weighted by atomic mass is 10.3. The third-order valence-corrected chi connectivity index (χ3v) is 3.61. The fraction of sp³-hybridized carbons (Fsp3) is 0.143. The quantitative estimate of drug-likeness (QED) is 0.782. The summed E-state index contributed by atoms with van der Waals surface area (Å²) in [7, 11) is 0. The molecule has 0 saturated heterocycles. The zero-order valence-corrected chi connectivity index (χ0v) is 12.7. The Kier molecular flexibility index (Phi) is 3.86. The van der Waals surface area contributed by atoms with Crippen LogP contribution < -0.4 is 10.1 Å². The number of imidazole rings is 1. The maximum absolute atomic E-state index is 6.23. The minimum absolute atomic E-state index is 0.218. The van der Waals surface area contributed by atoms with Crippen LogP contribution in [0, 0.1) is 0 Å². The van der Waals surface area contributed by atoms with Crippen LogP contribution in [0.3, 0.4) is 0 Å². The van der Waals surface area contributed by atoms with Gasteiger partial charge in [0, 0.05) is 18.1 Å². The minimum atomic E-state index is 0.218. The molecule has 1 N–H and O–H groups in total. The van der Waals surface area contributed by atoms with Crippen LogP contribution in [0.4, 0.5) is 11.4 Å². The van der Waals surface area contributed by atoms with Crippen molar-refractivity contribution in [2.24, 2.45) is 0 Å². The fourth-order valence-electron chi connectivity index (χ4n) is 1.95. The van der Waals surface area contributed by atoms with E-state index in [1.807, 2.05) is 31.2 Å². The van der Waals surface area contributed by atoms with Gasteiger partial charge in [-0.25, -0.2) is 9.50 Å². The molecule has 0 radical (unpaired) electrons. The second-order valence-electron chi connectivity index (χ2n) is 4.26. The fourth-order valence-corrected chi connectivity index (χ4v) is 2.30. The van der Waals surface area contributed by atoms with E-state index in [1.165, 1.54) is 0 Å². The molecule has 5 nitrogen and oxygen atoms in total. The Morgan fingerprint density at radius 2 is 2.00 bits per heavy atom. The van der Waals surface area contributed by atoms with E-state index in [-0.39, 0.29) is 5.15 Å². The maximum atomic E-state index is 6.23. The monoisotopic (exact) mass is 322 g/mol. The highest BCUT2D eigenvalue weighted by Gasteiger charge is 2.13. The molecule has 0 saturated carbocycles. The van der Waals surface area contributed by atoms with E-state index >= 15 is 0 Å². The van der Waals surface area contributed by atoms with Crippen LogP contribution in [0.2, 0.25) is 10.2 Å². The van der Waals surface area contributed by atoms with Crippen molar-refractivity contribution in [3.05, 3.63) is 46.8 Å². The standard InChI is InChI=1S/C14H12Cl2N4O/c1-2-21-10-5-3-9(4-6-10)18-12-11(15)13(16)19-20-8-7-17-14(12)20/h3-8,18H,2H2,1H3. The van der Waals surface area contributed by atoms with Crippen LogP contribution in [0.25, 0.3) is 5.65 Å². The number of hydrogen-bond donors (Lipinski definition) is 1. The van der Waals surface area contributed by atoms with Gasteiger partial charge in [0.2, 0.25) is 0 Å². The molecule has 0 amide bonds. The topological polar surface area (TPSA) is 51.5 Å². The SMILES string of the molecule is CCOc1ccc(Nc2c(Cl)c(Cl)nn3ccnc23)cc1. The summed E-state index contributed by atoms with van der Waals surface area (Å²) in [5.41, 5.74) is 2.08. The third kappa shape index (κ3) is 2.75. The summed E-state index contributed by atoms with van der Waals surface area (Å²) in [6.07, 6.45) is 3.35. The Morgan fingerprint density at radius 1 is 1.24 bits per heavy atom. The lowest BCUT2D eigenvalue weighted by Crippen LogP contribution is -2.00. The molecule has 2 heterocycles. The first kappa shape index (κ1) is 14.0. The number of anilines is 2. The van der Waals surface area contributed by atoms with Gasteiger partial charge >= 0.3 is 0 Å². The van der Waals surface area contributed by atoms with E-state index in [0.717, 1.165) is 11.4 Å². The van der Waals surface area contributed by atoms with E-state index in [1.54, 1.807) is 16.9 Å². The Hall–Kier alpha value is -1.98. The molecule has 0 fully saturated rings. The van der Waals surface area contributed by atoms with Gasteiger partial charge < -0.3 is 10.1 Å². The first-order valence-electron chi connectivity index (χ1n) is 6.37. The maximum Gasteiger partial charge on any atom is 0.178 e. The molecular weight excluding hydrogens is 311 g/mol. The molecule has 21 heavy (non-hydrogen) atoms. The van der Waals surface area contributed by atoms with E-state index in [4.69, 9.17) is 27.9 Å². The van der Waals surface area contributed by atoms with E-state index in [0.29, 0.717) is 23.0 Å². The van der Waals surface area contributed by atoms with Gasteiger partial charge in [0.05, 0.1) is 6.61 Å². The number of rotatable bonds is 4. The average molecular weight is 323 g/mol. The molecular formula is C14H12Cl2N4O. The Labute approximate surface area is 131 Å². The molecule has 3 rings (SSSR count). The van der Waals surface area contributed by atoms with Gasteiger partial charge in [-0.15, -0.1) is 0 Å². The highest BCUT2D eigenvalue weighted by molar-refractivity contribution is 6.43. The molecule has 0 bridgehead atoms. The van der Waals surface area contributed by atoms with Crippen molar-refractivity contribution in [1.82, 2.24) is 14.6 Å². The summed E-state index contributed by atoms with van der Waals surface area (Å²) < 4.78 is 6.98. The Morgan fingerprint density at radius 3 is 2.71 bits per heavy atom. The van der Waals surface area contributed by atoms with E-state index in [9.17, 15) is 0 Å². The highest BCUT2D eigenvalue weighted by atomic mass is 35.5. The van der Waals surface area contributed by atoms with Crippen molar-refractivity contribution in [1.29, 1.82) is 0 Å². The lowest BCUT2D eigenvalue weighted by Gasteiger charge is -2.11. The molecule has 0 spiro atoms. The second kappa shape index (κ2) is 5.79. The van der Waals surface area contributed by atoms with Crippen molar-refractivity contribution in [3.63, 3.8) is 0 Å². The van der Waals surface area contributed by atoms with Gasteiger partial charge in [-0.05, 0) is 31.2 Å². The van der Waals surface area contributed by atoms with Crippen molar-refractivity contribution in [3.8, 4) is 5.75 Å². The molecule has 2 aromatic heterocycles. The molecule has 0 aliphatic carbocycles. The smallest absolute Gasteiger partial charge is 0.178 e. The number of nitrogens with one attached hydrogen (secondary N) is 1. The molecule has 0 aliphatic heterocycles. The van der Waals surface area contributed by atoms with Crippen LogP contribution in [0.5, 0.6) is 5.75 Å². The van der Waals surface area contributed by atoms with Crippen LogP contribution in [-0.2, 0) is 0 Å². The number of aromatic nitrogens is 3. The summed E-state index contributed by atoms with van der Waals surface area (Å²) in [6.45, 7) is 2.58. The van der Waals surface area contributed by atoms with Gasteiger partial charge in [-0.3, -0.25) is 0 Å². The highest BCUT2D eigenvalue weighted by Crippen LogP contribution is 2.33. The number of nitrogens with zero attached hydrogens (tertiary/aromatic N) is 3. The zero-order chi connectivity index (χ0) is 14.8. The van der Waals surface area contributed by atoms with Gasteiger partial charge in [-0.2, -0.15) is 5.10 Å². The number of halogens is 2. The van der Waals surface area contributed by atoms with Gasteiger partial charge in [0.25, 0.3) is 0 Å². The first-order valence-corrected chi connectivity index (χ1v) is 7.13. The first-order chi connectivity index (χ1) is 10.2. The molecule has 0 aliphatic rings. The third-order valence-electron chi connectivity index (χ3n) is 2.88. The summed E-state index contributed by atoms with van der Waals surface area (Å²) in [5, 5.41) is 7.88.